The van der Waals surface area contributed by atoms with Crippen molar-refractivity contribution in [3.63, 3.8) is 0 Å². The third kappa shape index (κ3) is 6.01. The minimum Gasteiger partial charge on any atom is -0.310 e. The van der Waals surface area contributed by atoms with Crippen molar-refractivity contribution in [1.29, 1.82) is 0 Å². The van der Waals surface area contributed by atoms with Crippen LogP contribution in [0, 0.1) is 0 Å². The summed E-state index contributed by atoms with van der Waals surface area (Å²) in [6, 6.07) is 82.5. The minimum absolute atomic E-state index is 0.136. The third-order valence-electron chi connectivity index (χ3n) is 12.7. The molecule has 0 atom stereocenters. The van der Waals surface area contributed by atoms with E-state index < -0.39 is 0 Å². The Morgan fingerprint density at radius 3 is 1.47 bits per heavy atom. The second-order valence-corrected chi connectivity index (χ2v) is 16.5. The summed E-state index contributed by atoms with van der Waals surface area (Å²) in [5.74, 6) is 0. The van der Waals surface area contributed by atoms with Crippen molar-refractivity contribution in [3.05, 3.63) is 236 Å². The average Bonchev–Trinajstić information content (AvgIpc) is 3.54. The van der Waals surface area contributed by atoms with Crippen LogP contribution in [-0.4, -0.2) is 0 Å². The molecule has 0 N–H and O–H groups in total. The molecule has 1 aliphatic carbocycles. The van der Waals surface area contributed by atoms with Crippen LogP contribution in [0.2, 0.25) is 0 Å². The van der Waals surface area contributed by atoms with Gasteiger partial charge in [0.25, 0.3) is 0 Å². The molecule has 0 unspecified atom stereocenters. The van der Waals surface area contributed by atoms with Gasteiger partial charge < -0.3 is 4.90 Å². The number of fused-ring (bicyclic) bond motifs is 5. The van der Waals surface area contributed by atoms with Crippen LogP contribution >= 0.6 is 0 Å². The highest BCUT2D eigenvalue weighted by atomic mass is 15.1. The largest absolute Gasteiger partial charge is 0.310 e. The molecule has 0 fully saturated rings. The summed E-state index contributed by atoms with van der Waals surface area (Å²) in [6.45, 7) is 4.73. The molecule has 1 nitrogen and oxygen atoms in total. The Kier molecular flexibility index (Phi) is 8.57. The first-order chi connectivity index (χ1) is 29.5. The summed E-state index contributed by atoms with van der Waals surface area (Å²) >= 11 is 0. The lowest BCUT2D eigenvalue weighted by Crippen LogP contribution is -2.17. The maximum Gasteiger partial charge on any atom is 0.0546 e. The zero-order chi connectivity index (χ0) is 40.2. The SMILES string of the molecule is CC1(C)c2ccccc2-c2ccc(N(c3ccc(-c4ccc(-c5cccc6ccccc56)cc4)cc3)c3cc(-c4cccc5ccccc45)ccc3-c3ccccc3)cc21. The van der Waals surface area contributed by atoms with E-state index in [0.29, 0.717) is 0 Å². The monoisotopic (exact) mass is 765 g/mol. The molecule has 0 radical (unpaired) electrons. The predicted molar refractivity (Wildman–Crippen MR) is 255 cm³/mol. The Bertz CT molecular complexity index is 3200. The maximum atomic E-state index is 2.48. The van der Waals surface area contributed by atoms with E-state index in [-0.39, 0.29) is 5.41 Å². The van der Waals surface area contributed by atoms with Crippen LogP contribution in [0.15, 0.2) is 224 Å². The average molecular weight is 766 g/mol. The van der Waals surface area contributed by atoms with Crippen molar-refractivity contribution in [3.8, 4) is 55.6 Å². The van der Waals surface area contributed by atoms with Crippen LogP contribution in [0.25, 0.3) is 77.2 Å². The van der Waals surface area contributed by atoms with E-state index in [1.54, 1.807) is 0 Å². The van der Waals surface area contributed by atoms with Crippen molar-refractivity contribution in [2.24, 2.45) is 0 Å². The molecule has 60 heavy (non-hydrogen) atoms. The van der Waals surface area contributed by atoms with Crippen LogP contribution in [0.5, 0.6) is 0 Å². The minimum atomic E-state index is -0.136. The van der Waals surface area contributed by atoms with Crippen LogP contribution in [0.4, 0.5) is 17.1 Å². The number of rotatable bonds is 7. The quantitative estimate of drug-likeness (QED) is 0.156. The van der Waals surface area contributed by atoms with Crippen molar-refractivity contribution in [2.45, 2.75) is 19.3 Å². The Hall–Kier alpha value is -7.48. The summed E-state index contributed by atoms with van der Waals surface area (Å²) in [5, 5.41) is 5.02. The first-order valence-electron chi connectivity index (χ1n) is 20.9. The predicted octanol–water partition coefficient (Wildman–Crippen LogP) is 16.4. The summed E-state index contributed by atoms with van der Waals surface area (Å²) < 4.78 is 0. The molecule has 10 aromatic carbocycles. The first-order valence-corrected chi connectivity index (χ1v) is 20.9. The van der Waals surface area contributed by atoms with Gasteiger partial charge in [-0.2, -0.15) is 0 Å². The summed E-state index contributed by atoms with van der Waals surface area (Å²) in [4.78, 5) is 2.48. The van der Waals surface area contributed by atoms with Crippen molar-refractivity contribution < 1.29 is 0 Å². The molecule has 0 heterocycles. The molecular formula is C59H43N. The number of benzene rings is 10. The Balaban J connectivity index is 1.07. The van der Waals surface area contributed by atoms with Crippen LogP contribution in [0.1, 0.15) is 25.0 Å². The number of anilines is 3. The van der Waals surface area contributed by atoms with Gasteiger partial charge in [0.15, 0.2) is 0 Å². The van der Waals surface area contributed by atoms with Crippen LogP contribution in [-0.2, 0) is 5.41 Å². The molecule has 0 spiro atoms. The third-order valence-corrected chi connectivity index (χ3v) is 12.7. The van der Waals surface area contributed by atoms with E-state index >= 15 is 0 Å². The molecule has 0 bridgehead atoms. The van der Waals surface area contributed by atoms with E-state index in [4.69, 9.17) is 0 Å². The molecule has 0 saturated carbocycles. The second kappa shape index (κ2) is 14.4. The molecule has 10 aromatic rings. The van der Waals surface area contributed by atoms with Gasteiger partial charge in [0.05, 0.1) is 5.69 Å². The summed E-state index contributed by atoms with van der Waals surface area (Å²) in [7, 11) is 0. The number of hydrogen-bond acceptors (Lipinski definition) is 1. The van der Waals surface area contributed by atoms with Gasteiger partial charge in [0.2, 0.25) is 0 Å². The normalized spacial score (nSPS) is 12.6. The maximum absolute atomic E-state index is 2.48. The highest BCUT2D eigenvalue weighted by Gasteiger charge is 2.36. The van der Waals surface area contributed by atoms with Crippen molar-refractivity contribution in [1.82, 2.24) is 0 Å². The fourth-order valence-corrected chi connectivity index (χ4v) is 9.60. The second-order valence-electron chi connectivity index (χ2n) is 16.5. The van der Waals surface area contributed by atoms with Gasteiger partial charge in [-0.25, -0.2) is 0 Å². The van der Waals surface area contributed by atoms with E-state index in [9.17, 15) is 0 Å². The summed E-state index contributed by atoms with van der Waals surface area (Å²) in [6.07, 6.45) is 0. The molecule has 11 rings (SSSR count). The number of nitrogens with zero attached hydrogens (tertiary/aromatic N) is 1. The zero-order valence-electron chi connectivity index (χ0n) is 33.8. The van der Waals surface area contributed by atoms with Crippen LogP contribution in [0.3, 0.4) is 0 Å². The lowest BCUT2D eigenvalue weighted by atomic mass is 9.82. The Labute approximate surface area is 352 Å². The smallest absolute Gasteiger partial charge is 0.0546 e. The van der Waals surface area contributed by atoms with E-state index in [0.717, 1.165) is 17.1 Å². The van der Waals surface area contributed by atoms with E-state index in [2.05, 4.69) is 243 Å². The number of hydrogen-bond donors (Lipinski definition) is 0. The van der Waals surface area contributed by atoms with Crippen molar-refractivity contribution in [2.75, 3.05) is 4.90 Å². The van der Waals surface area contributed by atoms with Gasteiger partial charge in [-0.1, -0.05) is 208 Å². The van der Waals surface area contributed by atoms with Gasteiger partial charge in [0.1, 0.15) is 0 Å². The lowest BCUT2D eigenvalue weighted by molar-refractivity contribution is 0.660. The zero-order valence-corrected chi connectivity index (χ0v) is 33.8. The first kappa shape index (κ1) is 35.7. The van der Waals surface area contributed by atoms with Crippen molar-refractivity contribution >= 4 is 38.6 Å². The van der Waals surface area contributed by atoms with Crippen LogP contribution < -0.4 is 4.90 Å². The molecule has 0 amide bonds. The van der Waals surface area contributed by atoms with Gasteiger partial charge in [-0.15, -0.1) is 0 Å². The standard InChI is InChI=1S/C59H43N/c1-59(2)56-25-11-10-22-54(56)55-37-35-48(39-57(55)59)60(47-33-30-41(31-34-47)40-26-28-45(29-27-40)51-23-12-18-42-16-6-8-20-49(42)51)58-38-46(32-36-53(58)44-14-4-3-5-15-44)52-24-13-19-43-17-7-9-21-50(43)52/h3-39H,1-2H3. The fourth-order valence-electron chi connectivity index (χ4n) is 9.60. The van der Waals surface area contributed by atoms with E-state index in [1.165, 1.54) is 88.3 Å². The van der Waals surface area contributed by atoms with Gasteiger partial charge in [-0.3, -0.25) is 0 Å². The molecule has 1 heteroatoms. The fraction of sp³-hybridized carbons (Fsp3) is 0.0508. The summed E-state index contributed by atoms with van der Waals surface area (Å²) in [5.41, 5.74) is 18.2. The molecule has 1 aliphatic rings. The van der Waals surface area contributed by atoms with E-state index in [1.807, 2.05) is 0 Å². The molecule has 0 saturated heterocycles. The lowest BCUT2D eigenvalue weighted by Gasteiger charge is -2.30. The molecule has 284 valence electrons. The molecule has 0 aliphatic heterocycles. The van der Waals surface area contributed by atoms with Gasteiger partial charge >= 0.3 is 0 Å². The topological polar surface area (TPSA) is 3.24 Å². The molecular weight excluding hydrogens is 723 g/mol. The highest BCUT2D eigenvalue weighted by Crippen LogP contribution is 2.52. The Morgan fingerprint density at radius 1 is 0.300 bits per heavy atom. The molecule has 0 aromatic heterocycles. The highest BCUT2D eigenvalue weighted by molar-refractivity contribution is 6.00. The van der Waals surface area contributed by atoms with Gasteiger partial charge in [-0.05, 0) is 113 Å². The Morgan fingerprint density at radius 2 is 0.767 bits per heavy atom. The van der Waals surface area contributed by atoms with Gasteiger partial charge in [0, 0.05) is 22.4 Å².